The second kappa shape index (κ2) is 14.0. The summed E-state index contributed by atoms with van der Waals surface area (Å²) in [4.78, 5) is 28.6. The van der Waals surface area contributed by atoms with E-state index in [1.54, 1.807) is 37.3 Å². The van der Waals surface area contributed by atoms with E-state index in [0.29, 0.717) is 11.5 Å². The van der Waals surface area contributed by atoms with Crippen molar-refractivity contribution in [3.05, 3.63) is 83.9 Å². The number of amides is 2. The first-order valence-corrected chi connectivity index (χ1v) is 14.9. The van der Waals surface area contributed by atoms with Crippen LogP contribution in [0.15, 0.2) is 77.7 Å². The number of carbonyl (C=O) groups excluding carboxylic acids is 2. The van der Waals surface area contributed by atoms with Crippen LogP contribution in [0.1, 0.15) is 38.3 Å². The molecule has 0 aromatic heterocycles. The van der Waals surface area contributed by atoms with Crippen molar-refractivity contribution in [1.29, 1.82) is 0 Å². The number of hydrogen-bond donors (Lipinski definition) is 1. The highest BCUT2D eigenvalue weighted by Gasteiger charge is 2.33. The van der Waals surface area contributed by atoms with Gasteiger partial charge in [-0.1, -0.05) is 55.0 Å². The Morgan fingerprint density at radius 1 is 0.902 bits per heavy atom. The van der Waals surface area contributed by atoms with Gasteiger partial charge in [0, 0.05) is 18.7 Å². The van der Waals surface area contributed by atoms with Crippen molar-refractivity contribution in [1.82, 2.24) is 10.2 Å². The molecule has 41 heavy (non-hydrogen) atoms. The van der Waals surface area contributed by atoms with Crippen molar-refractivity contribution in [3.8, 4) is 11.5 Å². The van der Waals surface area contributed by atoms with E-state index in [2.05, 4.69) is 5.32 Å². The molecule has 3 rings (SSSR count). The minimum Gasteiger partial charge on any atom is -0.493 e. The molecule has 0 saturated heterocycles. The van der Waals surface area contributed by atoms with Gasteiger partial charge in [0.1, 0.15) is 12.6 Å². The number of nitrogens with one attached hydrogen (secondary N) is 1. The highest BCUT2D eigenvalue weighted by molar-refractivity contribution is 7.92. The number of sulfonamides is 1. The Kier molecular flexibility index (Phi) is 10.8. The molecule has 0 aliphatic rings. The van der Waals surface area contributed by atoms with Crippen molar-refractivity contribution in [2.75, 3.05) is 25.1 Å². The van der Waals surface area contributed by atoms with Crippen LogP contribution in [-0.2, 0) is 26.2 Å². The summed E-state index contributed by atoms with van der Waals surface area (Å²) in [5.74, 6) is -0.130. The maximum Gasteiger partial charge on any atom is 0.264 e. The van der Waals surface area contributed by atoms with Gasteiger partial charge in [-0.15, -0.1) is 0 Å². The average Bonchev–Trinajstić information content (AvgIpc) is 2.98. The van der Waals surface area contributed by atoms with Crippen molar-refractivity contribution in [2.45, 2.75) is 57.6 Å². The molecule has 0 bridgehead atoms. The number of carbonyl (C=O) groups is 2. The lowest BCUT2D eigenvalue weighted by molar-refractivity contribution is -0.139. The largest absolute Gasteiger partial charge is 0.493 e. The van der Waals surface area contributed by atoms with Crippen LogP contribution < -0.4 is 19.1 Å². The maximum atomic E-state index is 14.0. The number of nitrogens with zero attached hydrogens (tertiary/aromatic N) is 2. The Morgan fingerprint density at radius 2 is 1.54 bits per heavy atom. The highest BCUT2D eigenvalue weighted by atomic mass is 32.2. The van der Waals surface area contributed by atoms with Crippen molar-refractivity contribution in [3.63, 3.8) is 0 Å². The number of benzene rings is 3. The lowest BCUT2D eigenvalue weighted by Crippen LogP contribution is -2.52. The molecule has 2 atom stereocenters. The monoisotopic (exact) mass is 581 g/mol. The van der Waals surface area contributed by atoms with Gasteiger partial charge in [0.25, 0.3) is 10.0 Å². The van der Waals surface area contributed by atoms with Crippen LogP contribution in [0, 0.1) is 6.92 Å². The van der Waals surface area contributed by atoms with E-state index >= 15 is 0 Å². The first kappa shape index (κ1) is 31.5. The van der Waals surface area contributed by atoms with Crippen LogP contribution in [0.25, 0.3) is 0 Å². The Balaban J connectivity index is 2.06. The van der Waals surface area contributed by atoms with Crippen molar-refractivity contribution < 1.29 is 27.5 Å². The molecule has 3 aromatic carbocycles. The molecule has 0 aliphatic heterocycles. The first-order chi connectivity index (χ1) is 19.5. The van der Waals surface area contributed by atoms with Crippen LogP contribution in [0.4, 0.5) is 5.69 Å². The summed E-state index contributed by atoms with van der Waals surface area (Å²) in [5, 5.41) is 2.93. The Hall–Kier alpha value is -4.05. The third-order valence-corrected chi connectivity index (χ3v) is 8.70. The number of anilines is 1. The molecule has 0 radical (unpaired) electrons. The van der Waals surface area contributed by atoms with E-state index in [0.717, 1.165) is 21.9 Å². The van der Waals surface area contributed by atoms with E-state index in [9.17, 15) is 18.0 Å². The second-order valence-electron chi connectivity index (χ2n) is 9.87. The zero-order valence-corrected chi connectivity index (χ0v) is 25.3. The average molecular weight is 582 g/mol. The number of aryl methyl sites for hydroxylation is 1. The van der Waals surface area contributed by atoms with E-state index in [1.165, 1.54) is 37.3 Å². The smallest absolute Gasteiger partial charge is 0.264 e. The third kappa shape index (κ3) is 7.79. The SMILES string of the molecule is CC[C@@H](C)NC(=O)[C@@H](C)N(Cc1ccc(C)cc1)C(=O)CN(c1ccc(OC)c(OC)c1)S(=O)(=O)c1ccccc1. The van der Waals surface area contributed by atoms with Crippen LogP contribution in [-0.4, -0.2) is 58.0 Å². The highest BCUT2D eigenvalue weighted by Crippen LogP contribution is 2.34. The summed E-state index contributed by atoms with van der Waals surface area (Å²) >= 11 is 0. The van der Waals surface area contributed by atoms with E-state index in [1.807, 2.05) is 45.0 Å². The van der Waals surface area contributed by atoms with Crippen LogP contribution in [0.5, 0.6) is 11.5 Å². The van der Waals surface area contributed by atoms with Gasteiger partial charge in [-0.2, -0.15) is 0 Å². The van der Waals surface area contributed by atoms with Gasteiger partial charge in [0.05, 0.1) is 24.8 Å². The third-order valence-electron chi connectivity index (χ3n) is 6.91. The molecule has 0 saturated carbocycles. The molecule has 0 heterocycles. The summed E-state index contributed by atoms with van der Waals surface area (Å²) in [6.45, 7) is 7.04. The van der Waals surface area contributed by atoms with Gasteiger partial charge in [-0.05, 0) is 57.0 Å². The molecule has 3 aromatic rings. The summed E-state index contributed by atoms with van der Waals surface area (Å²) in [6, 6.07) is 19.2. The fourth-order valence-corrected chi connectivity index (χ4v) is 5.59. The maximum absolute atomic E-state index is 14.0. The van der Waals surface area contributed by atoms with E-state index < -0.39 is 28.5 Å². The van der Waals surface area contributed by atoms with Crippen LogP contribution in [0.2, 0.25) is 0 Å². The Bertz CT molecular complexity index is 1430. The van der Waals surface area contributed by atoms with Gasteiger partial charge < -0.3 is 19.7 Å². The summed E-state index contributed by atoms with van der Waals surface area (Å²) in [6.07, 6.45) is 0.729. The predicted molar refractivity (Wildman–Crippen MR) is 160 cm³/mol. The zero-order valence-electron chi connectivity index (χ0n) is 24.5. The number of hydrogen-bond acceptors (Lipinski definition) is 6. The molecule has 220 valence electrons. The van der Waals surface area contributed by atoms with Gasteiger partial charge in [-0.3, -0.25) is 13.9 Å². The second-order valence-corrected chi connectivity index (χ2v) is 11.7. The van der Waals surface area contributed by atoms with Crippen molar-refractivity contribution >= 4 is 27.5 Å². The number of rotatable bonds is 13. The standard InChI is InChI=1S/C31H39N3O6S/c1-7-23(3)32-31(36)24(4)33(20-25-15-13-22(2)14-16-25)30(35)21-34(41(37,38)27-11-9-8-10-12-27)26-17-18-28(39-5)29(19-26)40-6/h8-19,23-24H,7,20-21H2,1-6H3,(H,32,36)/t23-,24-/m1/s1. The van der Waals surface area contributed by atoms with Gasteiger partial charge in [0.15, 0.2) is 11.5 Å². The van der Waals surface area contributed by atoms with Crippen LogP contribution in [0.3, 0.4) is 0 Å². The fourth-order valence-electron chi connectivity index (χ4n) is 4.17. The van der Waals surface area contributed by atoms with Gasteiger partial charge in [0.2, 0.25) is 11.8 Å². The summed E-state index contributed by atoms with van der Waals surface area (Å²) < 4.78 is 39.6. The number of ether oxygens (including phenoxy) is 2. The molecular formula is C31H39N3O6S. The Labute approximate surface area is 243 Å². The van der Waals surface area contributed by atoms with Crippen LogP contribution >= 0.6 is 0 Å². The quantitative estimate of drug-likeness (QED) is 0.318. The fraction of sp³-hybridized carbons (Fsp3) is 0.355. The Morgan fingerprint density at radius 3 is 2.12 bits per heavy atom. The molecule has 0 fully saturated rings. The van der Waals surface area contributed by atoms with E-state index in [4.69, 9.17) is 9.47 Å². The van der Waals surface area contributed by atoms with Crippen molar-refractivity contribution in [2.24, 2.45) is 0 Å². The molecule has 0 aliphatic carbocycles. The molecule has 0 spiro atoms. The summed E-state index contributed by atoms with van der Waals surface area (Å²) in [5.41, 5.74) is 2.09. The molecule has 9 nitrogen and oxygen atoms in total. The van der Waals surface area contributed by atoms with Gasteiger partial charge in [-0.25, -0.2) is 8.42 Å². The molecule has 1 N–H and O–H groups in total. The topological polar surface area (TPSA) is 105 Å². The number of methoxy groups -OCH3 is 2. The lowest BCUT2D eigenvalue weighted by Gasteiger charge is -2.32. The summed E-state index contributed by atoms with van der Waals surface area (Å²) in [7, 11) is -1.26. The van der Waals surface area contributed by atoms with E-state index in [-0.39, 0.29) is 29.1 Å². The van der Waals surface area contributed by atoms with Gasteiger partial charge >= 0.3 is 0 Å². The molecule has 2 amide bonds. The minimum absolute atomic E-state index is 0.0234. The lowest BCUT2D eigenvalue weighted by atomic mass is 10.1. The zero-order chi connectivity index (χ0) is 30.2. The minimum atomic E-state index is -4.19. The molecule has 0 unspecified atom stereocenters. The molecule has 10 heteroatoms. The predicted octanol–water partition coefficient (Wildman–Crippen LogP) is 4.54. The normalized spacial score (nSPS) is 12.6. The first-order valence-electron chi connectivity index (χ1n) is 13.5. The molecular weight excluding hydrogens is 542 g/mol.